The highest BCUT2D eigenvalue weighted by Gasteiger charge is 1.95. The molecule has 14 heavy (non-hydrogen) atoms. The summed E-state index contributed by atoms with van der Waals surface area (Å²) in [6.07, 6.45) is 8.20. The van der Waals surface area contributed by atoms with Crippen molar-refractivity contribution in [2.45, 2.75) is 26.3 Å². The lowest BCUT2D eigenvalue weighted by molar-refractivity contribution is -0.131. The fourth-order valence-electron chi connectivity index (χ4n) is 1.14. The predicted octanol–water partition coefficient (Wildman–Crippen LogP) is 1.48. The van der Waals surface area contributed by atoms with Crippen molar-refractivity contribution in [2.24, 2.45) is 0 Å². The molecule has 1 N–H and O–H groups in total. The van der Waals surface area contributed by atoms with E-state index in [2.05, 4.69) is 5.10 Å². The van der Waals surface area contributed by atoms with Gasteiger partial charge in [-0.25, -0.2) is 4.79 Å². The quantitative estimate of drug-likeness (QED) is 0.722. The van der Waals surface area contributed by atoms with E-state index < -0.39 is 5.97 Å². The van der Waals surface area contributed by atoms with E-state index in [1.54, 1.807) is 6.08 Å². The Bertz CT molecular complexity index is 329. The highest BCUT2D eigenvalue weighted by molar-refractivity contribution is 5.79. The fourth-order valence-corrected chi connectivity index (χ4v) is 1.14. The first-order chi connectivity index (χ1) is 6.72. The molecular formula is C10H14N2O2. The third kappa shape index (κ3) is 3.43. The highest BCUT2D eigenvalue weighted by atomic mass is 16.4. The van der Waals surface area contributed by atoms with Crippen LogP contribution < -0.4 is 0 Å². The Hall–Kier alpha value is -1.58. The van der Waals surface area contributed by atoms with Crippen molar-refractivity contribution in [3.8, 4) is 0 Å². The first kappa shape index (κ1) is 10.5. The molecule has 0 aliphatic heterocycles. The van der Waals surface area contributed by atoms with E-state index in [1.807, 2.05) is 24.0 Å². The molecule has 0 bridgehead atoms. The van der Waals surface area contributed by atoms with Gasteiger partial charge in [-0.3, -0.25) is 4.68 Å². The van der Waals surface area contributed by atoms with Crippen molar-refractivity contribution in [1.82, 2.24) is 9.78 Å². The molecule has 4 nitrogen and oxygen atoms in total. The molecule has 0 saturated carbocycles. The van der Waals surface area contributed by atoms with Crippen LogP contribution >= 0.6 is 0 Å². The van der Waals surface area contributed by atoms with E-state index in [4.69, 9.17) is 5.11 Å². The molecule has 0 amide bonds. The summed E-state index contributed by atoms with van der Waals surface area (Å²) in [4.78, 5) is 10.2. The second-order valence-electron chi connectivity index (χ2n) is 2.98. The number of rotatable bonds is 5. The van der Waals surface area contributed by atoms with Gasteiger partial charge in [0.25, 0.3) is 0 Å². The third-order valence-corrected chi connectivity index (χ3v) is 1.87. The van der Waals surface area contributed by atoms with Crippen molar-refractivity contribution in [3.05, 3.63) is 30.1 Å². The fraction of sp³-hybridized carbons (Fsp3) is 0.400. The van der Waals surface area contributed by atoms with Crippen molar-refractivity contribution >= 4 is 5.97 Å². The molecule has 0 aliphatic rings. The van der Waals surface area contributed by atoms with Crippen molar-refractivity contribution in [2.75, 3.05) is 0 Å². The number of carbonyl (C=O) groups is 1. The van der Waals surface area contributed by atoms with Crippen molar-refractivity contribution in [3.63, 3.8) is 0 Å². The van der Waals surface area contributed by atoms with Crippen LogP contribution in [0.1, 0.15) is 18.9 Å². The zero-order valence-electron chi connectivity index (χ0n) is 8.18. The molecule has 1 aromatic rings. The van der Waals surface area contributed by atoms with Gasteiger partial charge >= 0.3 is 5.97 Å². The molecule has 4 heteroatoms. The lowest BCUT2D eigenvalue weighted by atomic mass is 10.2. The average molecular weight is 194 g/mol. The maximum absolute atomic E-state index is 10.2. The Kier molecular flexibility index (Phi) is 3.91. The highest BCUT2D eigenvalue weighted by Crippen LogP contribution is 2.02. The summed E-state index contributed by atoms with van der Waals surface area (Å²) in [5.74, 6) is -0.894. The zero-order valence-corrected chi connectivity index (χ0v) is 8.18. The summed E-state index contributed by atoms with van der Waals surface area (Å²) in [5, 5.41) is 12.5. The molecule has 0 unspecified atom stereocenters. The molecule has 0 aromatic carbocycles. The number of aliphatic carboxylic acids is 1. The van der Waals surface area contributed by atoms with Crippen LogP contribution in [0, 0.1) is 0 Å². The third-order valence-electron chi connectivity index (χ3n) is 1.87. The molecule has 76 valence electrons. The Labute approximate surface area is 82.9 Å². The zero-order chi connectivity index (χ0) is 10.4. The van der Waals surface area contributed by atoms with Gasteiger partial charge in [0, 0.05) is 18.8 Å². The first-order valence-electron chi connectivity index (χ1n) is 4.63. The average Bonchev–Trinajstić information content (AvgIpc) is 2.60. The minimum absolute atomic E-state index is 0.738. The van der Waals surface area contributed by atoms with Crippen LogP contribution in [0.3, 0.4) is 0 Å². The predicted molar refractivity (Wildman–Crippen MR) is 53.0 cm³/mol. The van der Waals surface area contributed by atoms with E-state index in [0.29, 0.717) is 0 Å². The van der Waals surface area contributed by atoms with E-state index in [9.17, 15) is 4.79 Å². The minimum Gasteiger partial charge on any atom is -0.478 e. The number of allylic oxidation sites excluding steroid dienone is 1. The van der Waals surface area contributed by atoms with E-state index in [0.717, 1.165) is 24.9 Å². The second-order valence-corrected chi connectivity index (χ2v) is 2.98. The van der Waals surface area contributed by atoms with Gasteiger partial charge in [0.1, 0.15) is 0 Å². The van der Waals surface area contributed by atoms with Crippen LogP contribution in [0.15, 0.2) is 24.5 Å². The van der Waals surface area contributed by atoms with Gasteiger partial charge in [-0.05, 0) is 25.3 Å². The van der Waals surface area contributed by atoms with Gasteiger partial charge in [0.05, 0.1) is 6.20 Å². The topological polar surface area (TPSA) is 55.1 Å². The second kappa shape index (κ2) is 5.21. The number of carboxylic acid groups (broad SMARTS) is 1. The molecule has 1 heterocycles. The van der Waals surface area contributed by atoms with Crippen LogP contribution in [0.4, 0.5) is 0 Å². The van der Waals surface area contributed by atoms with Gasteiger partial charge in [-0.1, -0.05) is 6.08 Å². The molecule has 0 saturated heterocycles. The number of nitrogens with zero attached hydrogens (tertiary/aromatic N) is 2. The molecule has 0 atom stereocenters. The van der Waals surface area contributed by atoms with Crippen LogP contribution in [0.25, 0.3) is 0 Å². The van der Waals surface area contributed by atoms with Crippen LogP contribution in [-0.2, 0) is 17.8 Å². The summed E-state index contributed by atoms with van der Waals surface area (Å²) in [7, 11) is 0. The van der Waals surface area contributed by atoms with Gasteiger partial charge < -0.3 is 5.11 Å². The van der Waals surface area contributed by atoms with Crippen LogP contribution in [0.2, 0.25) is 0 Å². The summed E-state index contributed by atoms with van der Waals surface area (Å²) in [6.45, 7) is 2.89. The number of carboxylic acids is 1. The summed E-state index contributed by atoms with van der Waals surface area (Å²) < 4.78 is 1.86. The summed E-state index contributed by atoms with van der Waals surface area (Å²) in [5.41, 5.74) is 1.14. The van der Waals surface area contributed by atoms with Gasteiger partial charge in [0.2, 0.25) is 0 Å². The normalized spacial score (nSPS) is 10.9. The van der Waals surface area contributed by atoms with Gasteiger partial charge in [-0.15, -0.1) is 0 Å². The summed E-state index contributed by atoms with van der Waals surface area (Å²) in [6, 6.07) is 0. The lowest BCUT2D eigenvalue weighted by Gasteiger charge is -1.91. The maximum Gasteiger partial charge on any atom is 0.327 e. The maximum atomic E-state index is 10.2. The van der Waals surface area contributed by atoms with Crippen molar-refractivity contribution < 1.29 is 9.90 Å². The number of aryl methyl sites for hydroxylation is 2. The molecule has 0 aliphatic carbocycles. The van der Waals surface area contributed by atoms with Gasteiger partial charge in [0.15, 0.2) is 0 Å². The number of hydrogen-bond acceptors (Lipinski definition) is 2. The molecule has 0 fully saturated rings. The molecule has 1 aromatic heterocycles. The Morgan fingerprint density at radius 2 is 2.50 bits per heavy atom. The smallest absolute Gasteiger partial charge is 0.327 e. The standard InChI is InChI=1S/C10H14N2O2/c1-2-12-8-9(7-11-12)5-3-4-6-10(13)14/h4,6-8H,2-3,5H2,1H3,(H,13,14)/b6-4+. The minimum atomic E-state index is -0.894. The Morgan fingerprint density at radius 3 is 3.07 bits per heavy atom. The molecule has 1 rings (SSSR count). The van der Waals surface area contributed by atoms with Gasteiger partial charge in [-0.2, -0.15) is 5.10 Å². The SMILES string of the molecule is CCn1cc(CC/C=C/C(=O)O)cn1. The first-order valence-corrected chi connectivity index (χ1v) is 4.63. The van der Waals surface area contributed by atoms with Crippen LogP contribution in [0.5, 0.6) is 0 Å². The summed E-state index contributed by atoms with van der Waals surface area (Å²) >= 11 is 0. The molecular weight excluding hydrogens is 180 g/mol. The Morgan fingerprint density at radius 1 is 1.71 bits per heavy atom. The van der Waals surface area contributed by atoms with E-state index in [-0.39, 0.29) is 0 Å². The number of hydrogen-bond donors (Lipinski definition) is 1. The molecule has 0 radical (unpaired) electrons. The monoisotopic (exact) mass is 194 g/mol. The number of aromatic nitrogens is 2. The van der Waals surface area contributed by atoms with E-state index >= 15 is 0 Å². The van der Waals surface area contributed by atoms with Crippen LogP contribution in [-0.4, -0.2) is 20.9 Å². The van der Waals surface area contributed by atoms with E-state index in [1.165, 1.54) is 6.08 Å². The Balaban J connectivity index is 2.34. The largest absolute Gasteiger partial charge is 0.478 e. The van der Waals surface area contributed by atoms with Crippen molar-refractivity contribution in [1.29, 1.82) is 0 Å². The lowest BCUT2D eigenvalue weighted by Crippen LogP contribution is -1.92. The molecule has 0 spiro atoms.